The number of aromatic nitrogens is 2. The Kier molecular flexibility index (Phi) is 5.76. The lowest BCUT2D eigenvalue weighted by Crippen LogP contribution is -2.50. The number of hydrogen-bond acceptors (Lipinski definition) is 6. The molecular weight excluding hydrogens is 406 g/mol. The highest BCUT2D eigenvalue weighted by Gasteiger charge is 2.22. The molecule has 1 aliphatic heterocycles. The number of rotatable bonds is 4. The largest absolute Gasteiger partial charge is 0.495 e. The number of piperazine rings is 1. The molecule has 1 fully saturated rings. The number of urea groups is 1. The Morgan fingerprint density at radius 1 is 1.13 bits per heavy atom. The number of hydrogen-bond donors (Lipinski definition) is 1. The van der Waals surface area contributed by atoms with Gasteiger partial charge in [0.15, 0.2) is 0 Å². The van der Waals surface area contributed by atoms with Crippen LogP contribution in [0.4, 0.5) is 16.2 Å². The van der Waals surface area contributed by atoms with Gasteiger partial charge < -0.3 is 24.4 Å². The van der Waals surface area contributed by atoms with E-state index in [1.54, 1.807) is 37.1 Å². The Hall–Kier alpha value is -3.26. The van der Waals surface area contributed by atoms with E-state index in [2.05, 4.69) is 20.4 Å². The predicted octanol–water partition coefficient (Wildman–Crippen LogP) is 4.06. The lowest BCUT2D eigenvalue weighted by atomic mass is 10.1. The van der Waals surface area contributed by atoms with Crippen molar-refractivity contribution in [3.05, 3.63) is 53.4 Å². The minimum absolute atomic E-state index is 0.168. The maximum absolute atomic E-state index is 12.7. The summed E-state index contributed by atoms with van der Waals surface area (Å²) in [6.07, 6.45) is 0. The Morgan fingerprint density at radius 3 is 2.50 bits per heavy atom. The predicted molar refractivity (Wildman–Crippen MR) is 115 cm³/mol. The molecule has 30 heavy (non-hydrogen) atoms. The third kappa shape index (κ3) is 4.33. The molecule has 0 spiro atoms. The highest BCUT2D eigenvalue weighted by Crippen LogP contribution is 2.28. The smallest absolute Gasteiger partial charge is 0.322 e. The van der Waals surface area contributed by atoms with Gasteiger partial charge in [0.1, 0.15) is 5.75 Å². The molecule has 156 valence electrons. The number of halogens is 1. The van der Waals surface area contributed by atoms with Gasteiger partial charge in [0.2, 0.25) is 11.7 Å². The number of methoxy groups -OCH3 is 1. The number of anilines is 2. The first-order valence-electron chi connectivity index (χ1n) is 9.58. The van der Waals surface area contributed by atoms with Crippen molar-refractivity contribution in [3.63, 3.8) is 0 Å². The van der Waals surface area contributed by atoms with Crippen LogP contribution in [0, 0.1) is 6.92 Å². The Balaban J connectivity index is 1.35. The van der Waals surface area contributed by atoms with E-state index in [9.17, 15) is 4.79 Å². The van der Waals surface area contributed by atoms with Gasteiger partial charge in [0.05, 0.1) is 12.8 Å². The zero-order valence-electron chi connectivity index (χ0n) is 16.8. The summed E-state index contributed by atoms with van der Waals surface area (Å²) in [7, 11) is 1.56. The van der Waals surface area contributed by atoms with Gasteiger partial charge >= 0.3 is 6.03 Å². The average Bonchev–Trinajstić information content (AvgIpc) is 3.20. The Labute approximate surface area is 179 Å². The van der Waals surface area contributed by atoms with Crippen molar-refractivity contribution in [2.45, 2.75) is 6.92 Å². The van der Waals surface area contributed by atoms with Crippen LogP contribution in [-0.4, -0.2) is 54.4 Å². The summed E-state index contributed by atoms with van der Waals surface area (Å²) in [5.74, 6) is 1.69. The fraction of sp³-hybridized carbons (Fsp3) is 0.286. The maximum atomic E-state index is 12.7. The van der Waals surface area contributed by atoms with Crippen LogP contribution in [0.1, 0.15) is 5.89 Å². The Morgan fingerprint density at radius 2 is 1.87 bits per heavy atom. The third-order valence-electron chi connectivity index (χ3n) is 4.99. The molecule has 4 rings (SSSR count). The quantitative estimate of drug-likeness (QED) is 0.676. The van der Waals surface area contributed by atoms with Gasteiger partial charge in [-0.25, -0.2) is 4.79 Å². The normalized spacial score (nSPS) is 14.0. The molecular formula is C21H22ClN5O3. The lowest BCUT2D eigenvalue weighted by molar-refractivity contribution is 0.208. The second-order valence-corrected chi connectivity index (χ2v) is 7.37. The monoisotopic (exact) mass is 427 g/mol. The van der Waals surface area contributed by atoms with Gasteiger partial charge in [-0.05, 0) is 42.5 Å². The van der Waals surface area contributed by atoms with Gasteiger partial charge in [0.25, 0.3) is 0 Å². The second kappa shape index (κ2) is 8.62. The lowest BCUT2D eigenvalue weighted by Gasteiger charge is -2.36. The molecule has 1 saturated heterocycles. The van der Waals surface area contributed by atoms with Gasteiger partial charge in [0, 0.05) is 49.4 Å². The van der Waals surface area contributed by atoms with Crippen molar-refractivity contribution >= 4 is 29.0 Å². The molecule has 2 amide bonds. The van der Waals surface area contributed by atoms with E-state index in [1.807, 2.05) is 24.3 Å². The topological polar surface area (TPSA) is 83.7 Å². The number of benzene rings is 2. The van der Waals surface area contributed by atoms with E-state index >= 15 is 0 Å². The van der Waals surface area contributed by atoms with Crippen LogP contribution in [0.2, 0.25) is 5.02 Å². The molecule has 1 aliphatic rings. The molecule has 9 heteroatoms. The standard InChI is InChI=1S/C21H22ClN5O3/c1-14-23-20(25-30-14)15-3-6-17(7-4-15)26-9-11-27(12-10-26)21(28)24-18-13-16(22)5-8-19(18)29-2/h3-8,13H,9-12H2,1-2H3,(H,24,28). The van der Waals surface area contributed by atoms with Crippen molar-refractivity contribution in [2.24, 2.45) is 0 Å². The van der Waals surface area contributed by atoms with Crippen LogP contribution in [0.15, 0.2) is 47.0 Å². The van der Waals surface area contributed by atoms with Gasteiger partial charge in [-0.1, -0.05) is 16.8 Å². The van der Waals surface area contributed by atoms with Crippen LogP contribution in [0.25, 0.3) is 11.4 Å². The summed E-state index contributed by atoms with van der Waals surface area (Å²) >= 11 is 6.04. The minimum atomic E-state index is -0.168. The van der Waals surface area contributed by atoms with Crippen molar-refractivity contribution < 1.29 is 14.1 Å². The molecule has 0 atom stereocenters. The van der Waals surface area contributed by atoms with Crippen LogP contribution < -0.4 is 15.0 Å². The molecule has 1 aromatic heterocycles. The summed E-state index contributed by atoms with van der Waals surface area (Å²) in [5, 5.41) is 7.37. The van der Waals surface area contributed by atoms with E-state index < -0.39 is 0 Å². The molecule has 2 aromatic carbocycles. The van der Waals surface area contributed by atoms with E-state index in [-0.39, 0.29) is 6.03 Å². The van der Waals surface area contributed by atoms with E-state index in [0.29, 0.717) is 41.3 Å². The zero-order chi connectivity index (χ0) is 21.1. The molecule has 8 nitrogen and oxygen atoms in total. The van der Waals surface area contributed by atoms with Gasteiger partial charge in [-0.3, -0.25) is 0 Å². The van der Waals surface area contributed by atoms with E-state index in [1.165, 1.54) is 0 Å². The highest BCUT2D eigenvalue weighted by molar-refractivity contribution is 6.31. The number of nitrogens with one attached hydrogen (secondary N) is 1. The second-order valence-electron chi connectivity index (χ2n) is 6.93. The van der Waals surface area contributed by atoms with Crippen molar-refractivity contribution in [1.82, 2.24) is 15.0 Å². The molecule has 0 aliphatic carbocycles. The fourth-order valence-electron chi connectivity index (χ4n) is 3.38. The summed E-state index contributed by atoms with van der Waals surface area (Å²) in [6.45, 7) is 4.46. The molecule has 0 bridgehead atoms. The van der Waals surface area contributed by atoms with Crippen molar-refractivity contribution in [2.75, 3.05) is 43.5 Å². The first-order valence-corrected chi connectivity index (χ1v) is 9.96. The molecule has 3 aromatic rings. The van der Waals surface area contributed by atoms with Crippen LogP contribution >= 0.6 is 11.6 Å². The highest BCUT2D eigenvalue weighted by atomic mass is 35.5. The van der Waals surface area contributed by atoms with E-state index in [4.69, 9.17) is 20.9 Å². The van der Waals surface area contributed by atoms with Crippen molar-refractivity contribution in [1.29, 1.82) is 0 Å². The number of ether oxygens (including phenoxy) is 1. The molecule has 0 saturated carbocycles. The van der Waals surface area contributed by atoms with Crippen LogP contribution in [-0.2, 0) is 0 Å². The third-order valence-corrected chi connectivity index (χ3v) is 5.22. The summed E-state index contributed by atoms with van der Waals surface area (Å²) in [5.41, 5.74) is 2.56. The van der Waals surface area contributed by atoms with Crippen LogP contribution in [0.5, 0.6) is 5.75 Å². The number of carbonyl (C=O) groups is 1. The fourth-order valence-corrected chi connectivity index (χ4v) is 3.55. The number of aryl methyl sites for hydroxylation is 1. The average molecular weight is 428 g/mol. The molecule has 2 heterocycles. The summed E-state index contributed by atoms with van der Waals surface area (Å²) < 4.78 is 10.3. The number of amides is 2. The molecule has 0 unspecified atom stereocenters. The first kappa shape index (κ1) is 20.0. The minimum Gasteiger partial charge on any atom is -0.495 e. The molecule has 0 radical (unpaired) electrons. The maximum Gasteiger partial charge on any atom is 0.322 e. The zero-order valence-corrected chi connectivity index (χ0v) is 17.5. The number of nitrogens with zero attached hydrogens (tertiary/aromatic N) is 4. The molecule has 1 N–H and O–H groups in total. The number of carbonyl (C=O) groups excluding carboxylic acids is 1. The first-order chi connectivity index (χ1) is 14.5. The van der Waals surface area contributed by atoms with E-state index in [0.717, 1.165) is 24.3 Å². The van der Waals surface area contributed by atoms with Crippen molar-refractivity contribution in [3.8, 4) is 17.1 Å². The van der Waals surface area contributed by atoms with Gasteiger partial charge in [-0.2, -0.15) is 4.98 Å². The van der Waals surface area contributed by atoms with Gasteiger partial charge in [-0.15, -0.1) is 0 Å². The Bertz CT molecular complexity index is 1030. The SMILES string of the molecule is COc1ccc(Cl)cc1NC(=O)N1CCN(c2ccc(-c3noc(C)n3)cc2)CC1. The summed E-state index contributed by atoms with van der Waals surface area (Å²) in [6, 6.07) is 13.0. The summed E-state index contributed by atoms with van der Waals surface area (Å²) in [4.78, 5) is 20.9. The van der Waals surface area contributed by atoms with Crippen LogP contribution in [0.3, 0.4) is 0 Å².